The van der Waals surface area contributed by atoms with Crippen LogP contribution in [0.1, 0.15) is 22.8 Å². The number of carbonyl (C=O) groups is 1. The Balaban J connectivity index is 3.08. The molecule has 0 spiro atoms. The molecule has 1 atom stereocenters. The molecule has 0 saturated carbocycles. The first-order valence-electron chi connectivity index (χ1n) is 4.66. The Kier molecular flexibility index (Phi) is 4.41. The molecule has 5 heteroatoms. The lowest BCUT2D eigenvalue weighted by Gasteiger charge is -2.12. The molecule has 0 heterocycles. The van der Waals surface area contributed by atoms with E-state index in [0.717, 1.165) is 0 Å². The minimum atomic E-state index is -2.88. The molecule has 1 rings (SSSR count). The molecule has 0 amide bonds. The van der Waals surface area contributed by atoms with E-state index >= 15 is 0 Å². The fourth-order valence-electron chi connectivity index (χ4n) is 1.32. The summed E-state index contributed by atoms with van der Waals surface area (Å²) in [7, 11) is 0. The molecule has 0 aliphatic carbocycles. The second-order valence-electron chi connectivity index (χ2n) is 3.29. The molecule has 1 aromatic rings. The molecule has 2 nitrogen and oxygen atoms in total. The summed E-state index contributed by atoms with van der Waals surface area (Å²) in [5.41, 5.74) is 0.821. The summed E-state index contributed by atoms with van der Waals surface area (Å²) in [4.78, 5) is 11.4. The van der Waals surface area contributed by atoms with Crippen molar-refractivity contribution in [3.05, 3.63) is 29.3 Å². The maximum atomic E-state index is 12.1. The maximum Gasteiger partial charge on any atom is 0.387 e. The molecule has 0 saturated heterocycles. The molecular weight excluding hydrogens is 282 g/mol. The quantitative estimate of drug-likeness (QED) is 0.626. The van der Waals surface area contributed by atoms with Crippen molar-refractivity contribution in [1.29, 1.82) is 0 Å². The van der Waals surface area contributed by atoms with Crippen LogP contribution in [-0.2, 0) is 0 Å². The third-order valence-electron chi connectivity index (χ3n) is 2.13. The monoisotopic (exact) mass is 292 g/mol. The lowest BCUT2D eigenvalue weighted by atomic mass is 10.0. The standard InChI is InChI=1S/C11H11BrF2O2/c1-6-8(10(15)7(2)12)4-3-5-9(6)16-11(13)14/h3-5,7,11H,1-2H3. The summed E-state index contributed by atoms with van der Waals surface area (Å²) < 4.78 is 28.5. The van der Waals surface area contributed by atoms with Crippen LogP contribution in [0, 0.1) is 6.92 Å². The highest BCUT2D eigenvalue weighted by molar-refractivity contribution is 9.10. The maximum absolute atomic E-state index is 12.1. The van der Waals surface area contributed by atoms with Gasteiger partial charge in [-0.05, 0) is 19.9 Å². The van der Waals surface area contributed by atoms with Gasteiger partial charge in [0.05, 0.1) is 4.83 Å². The fraction of sp³-hybridized carbons (Fsp3) is 0.364. The Morgan fingerprint density at radius 1 is 1.44 bits per heavy atom. The molecule has 16 heavy (non-hydrogen) atoms. The third kappa shape index (κ3) is 3.01. The van der Waals surface area contributed by atoms with Crippen molar-refractivity contribution in [2.75, 3.05) is 0 Å². The number of alkyl halides is 3. The van der Waals surface area contributed by atoms with Crippen LogP contribution in [0.2, 0.25) is 0 Å². The van der Waals surface area contributed by atoms with Gasteiger partial charge in [-0.2, -0.15) is 8.78 Å². The largest absolute Gasteiger partial charge is 0.435 e. The summed E-state index contributed by atoms with van der Waals surface area (Å²) in [5.74, 6) is -0.119. The van der Waals surface area contributed by atoms with E-state index in [0.29, 0.717) is 11.1 Å². The zero-order valence-electron chi connectivity index (χ0n) is 8.84. The third-order valence-corrected chi connectivity index (χ3v) is 2.54. The highest BCUT2D eigenvalue weighted by Gasteiger charge is 2.17. The smallest absolute Gasteiger partial charge is 0.387 e. The summed E-state index contributed by atoms with van der Waals surface area (Å²) in [5, 5.41) is 0. The van der Waals surface area contributed by atoms with Gasteiger partial charge in [0, 0.05) is 11.1 Å². The van der Waals surface area contributed by atoms with Gasteiger partial charge >= 0.3 is 6.61 Å². The number of benzene rings is 1. The average molecular weight is 293 g/mol. The highest BCUT2D eigenvalue weighted by atomic mass is 79.9. The molecule has 1 unspecified atom stereocenters. The average Bonchev–Trinajstić information content (AvgIpc) is 2.19. The van der Waals surface area contributed by atoms with Crippen LogP contribution in [-0.4, -0.2) is 17.2 Å². The summed E-state index contributed by atoms with van der Waals surface area (Å²) in [6.07, 6.45) is 0. The van der Waals surface area contributed by atoms with Crippen molar-refractivity contribution in [2.24, 2.45) is 0 Å². The van der Waals surface area contributed by atoms with Crippen molar-refractivity contribution in [1.82, 2.24) is 0 Å². The zero-order valence-corrected chi connectivity index (χ0v) is 10.4. The SMILES string of the molecule is Cc1c(OC(F)F)cccc1C(=O)C(C)Br. The predicted molar refractivity (Wildman–Crippen MR) is 60.5 cm³/mol. The van der Waals surface area contributed by atoms with Gasteiger partial charge < -0.3 is 4.74 Å². The van der Waals surface area contributed by atoms with Gasteiger partial charge in [-0.3, -0.25) is 4.79 Å². The van der Waals surface area contributed by atoms with Gasteiger partial charge in [0.15, 0.2) is 5.78 Å². The van der Waals surface area contributed by atoms with E-state index < -0.39 is 6.61 Å². The van der Waals surface area contributed by atoms with Crippen LogP contribution in [0.15, 0.2) is 18.2 Å². The summed E-state index contributed by atoms with van der Waals surface area (Å²) in [6, 6.07) is 4.53. The minimum Gasteiger partial charge on any atom is -0.435 e. The molecule has 0 bridgehead atoms. The Bertz CT molecular complexity index is 392. The van der Waals surface area contributed by atoms with E-state index in [-0.39, 0.29) is 16.4 Å². The second kappa shape index (κ2) is 5.39. The molecule has 0 fully saturated rings. The van der Waals surface area contributed by atoms with Crippen LogP contribution < -0.4 is 4.74 Å². The van der Waals surface area contributed by atoms with Gasteiger partial charge in [0.2, 0.25) is 0 Å². The number of halogens is 3. The van der Waals surface area contributed by atoms with E-state index in [4.69, 9.17) is 0 Å². The normalized spacial score (nSPS) is 12.6. The van der Waals surface area contributed by atoms with E-state index in [1.165, 1.54) is 12.1 Å². The second-order valence-corrected chi connectivity index (χ2v) is 4.66. The molecule has 0 aliphatic rings. The Hall–Kier alpha value is -0.970. The molecule has 0 radical (unpaired) electrons. The van der Waals surface area contributed by atoms with Crippen molar-refractivity contribution >= 4 is 21.7 Å². The van der Waals surface area contributed by atoms with Crippen molar-refractivity contribution in [3.63, 3.8) is 0 Å². The number of hydrogen-bond acceptors (Lipinski definition) is 2. The summed E-state index contributed by atoms with van der Waals surface area (Å²) >= 11 is 3.15. The zero-order chi connectivity index (χ0) is 12.3. The van der Waals surface area contributed by atoms with E-state index in [9.17, 15) is 13.6 Å². The van der Waals surface area contributed by atoms with E-state index in [1.807, 2.05) is 0 Å². The number of ketones is 1. The van der Waals surface area contributed by atoms with Gasteiger partial charge in [0.25, 0.3) is 0 Å². The number of hydrogen-bond donors (Lipinski definition) is 0. The van der Waals surface area contributed by atoms with Crippen molar-refractivity contribution < 1.29 is 18.3 Å². The number of ether oxygens (including phenoxy) is 1. The van der Waals surface area contributed by atoms with Crippen LogP contribution in [0.4, 0.5) is 8.78 Å². The number of rotatable bonds is 4. The number of carbonyl (C=O) groups excluding carboxylic acids is 1. The number of Topliss-reactive ketones (excluding diaryl/α,β-unsaturated/α-hetero) is 1. The van der Waals surface area contributed by atoms with Crippen LogP contribution in [0.3, 0.4) is 0 Å². The lowest BCUT2D eigenvalue weighted by molar-refractivity contribution is -0.0503. The topological polar surface area (TPSA) is 26.3 Å². The van der Waals surface area contributed by atoms with Crippen LogP contribution in [0.25, 0.3) is 0 Å². The Labute approximate surface area is 101 Å². The van der Waals surface area contributed by atoms with Crippen molar-refractivity contribution in [2.45, 2.75) is 25.3 Å². The van der Waals surface area contributed by atoms with Crippen molar-refractivity contribution in [3.8, 4) is 5.75 Å². The lowest BCUT2D eigenvalue weighted by Crippen LogP contribution is -2.13. The molecule has 88 valence electrons. The first-order chi connectivity index (χ1) is 7.43. The Morgan fingerprint density at radius 2 is 2.06 bits per heavy atom. The van der Waals surface area contributed by atoms with Crippen LogP contribution in [0.5, 0.6) is 5.75 Å². The highest BCUT2D eigenvalue weighted by Crippen LogP contribution is 2.25. The molecule has 0 aromatic heterocycles. The van der Waals surface area contributed by atoms with E-state index in [2.05, 4.69) is 20.7 Å². The molecular formula is C11H11BrF2O2. The van der Waals surface area contributed by atoms with E-state index in [1.54, 1.807) is 19.9 Å². The van der Waals surface area contributed by atoms with Gasteiger partial charge in [-0.1, -0.05) is 28.1 Å². The van der Waals surface area contributed by atoms with Gasteiger partial charge in [0.1, 0.15) is 5.75 Å². The Morgan fingerprint density at radius 3 is 2.56 bits per heavy atom. The van der Waals surface area contributed by atoms with Gasteiger partial charge in [-0.25, -0.2) is 0 Å². The fourth-order valence-corrected chi connectivity index (χ4v) is 1.57. The van der Waals surface area contributed by atoms with Crippen LogP contribution >= 0.6 is 15.9 Å². The first-order valence-corrected chi connectivity index (χ1v) is 5.57. The molecule has 0 N–H and O–H groups in total. The molecule has 1 aromatic carbocycles. The minimum absolute atomic E-state index is 0.0361. The van der Waals surface area contributed by atoms with Gasteiger partial charge in [-0.15, -0.1) is 0 Å². The molecule has 0 aliphatic heterocycles. The first kappa shape index (κ1) is 13.1. The predicted octanol–water partition coefficient (Wildman–Crippen LogP) is 3.56. The summed E-state index contributed by atoms with van der Waals surface area (Å²) in [6.45, 7) is 0.383.